The number of aliphatic imine (C=N–C) groups is 1. The molecule has 0 spiro atoms. The number of ether oxygens (including phenoxy) is 1. The van der Waals surface area contributed by atoms with Crippen LogP contribution in [-0.4, -0.2) is 48.4 Å². The lowest BCUT2D eigenvalue weighted by atomic mass is 10.0. The van der Waals surface area contributed by atoms with Gasteiger partial charge in [-0.25, -0.2) is 4.79 Å². The number of nitrogens with one attached hydrogen (secondary N) is 1. The van der Waals surface area contributed by atoms with E-state index in [0.29, 0.717) is 11.6 Å². The first-order valence-electron chi connectivity index (χ1n) is 8.76. The average molecular weight is 391 g/mol. The van der Waals surface area contributed by atoms with Gasteiger partial charge in [0.05, 0.1) is 18.6 Å². The molecule has 0 saturated carbocycles. The summed E-state index contributed by atoms with van der Waals surface area (Å²) in [6.07, 6.45) is 0.498. The number of hydrogen-bond donors (Lipinski definition) is 1. The zero-order valence-corrected chi connectivity index (χ0v) is 16.8. The van der Waals surface area contributed by atoms with E-state index in [4.69, 9.17) is 4.74 Å². The van der Waals surface area contributed by atoms with Crippen LogP contribution in [0.2, 0.25) is 0 Å². The molecule has 0 bridgehead atoms. The molecule has 1 aromatic rings. The first-order chi connectivity index (χ1) is 12.8. The van der Waals surface area contributed by atoms with Crippen LogP contribution in [0.4, 0.5) is 5.69 Å². The molecule has 2 rings (SSSR count). The van der Waals surface area contributed by atoms with Gasteiger partial charge in [0, 0.05) is 0 Å². The number of carbonyl (C=O) groups is 3. The second kappa shape index (κ2) is 9.55. The lowest BCUT2D eigenvalue weighted by molar-refractivity contribution is -0.145. The van der Waals surface area contributed by atoms with Crippen molar-refractivity contribution in [1.29, 1.82) is 0 Å². The molecule has 2 amide bonds. The molecule has 0 radical (unpaired) electrons. The normalized spacial score (nSPS) is 14.9. The molecule has 1 aliphatic rings. The minimum atomic E-state index is -0.677. The van der Waals surface area contributed by atoms with E-state index in [-0.39, 0.29) is 30.0 Å². The topological polar surface area (TPSA) is 88.1 Å². The Morgan fingerprint density at radius 3 is 2.56 bits per heavy atom. The lowest BCUT2D eigenvalue weighted by Gasteiger charge is -2.20. The molecule has 8 heteroatoms. The van der Waals surface area contributed by atoms with E-state index in [1.165, 1.54) is 23.8 Å². The number of hydrogen-bond acceptors (Lipinski definition) is 6. The van der Waals surface area contributed by atoms with Crippen molar-refractivity contribution in [2.45, 2.75) is 33.2 Å². The number of amidine groups is 1. The minimum absolute atomic E-state index is 0.0556. The van der Waals surface area contributed by atoms with E-state index >= 15 is 0 Å². The quantitative estimate of drug-likeness (QED) is 0.720. The summed E-state index contributed by atoms with van der Waals surface area (Å²) < 4.78 is 4.75. The van der Waals surface area contributed by atoms with E-state index in [1.54, 1.807) is 0 Å². The Labute approximate surface area is 163 Å². The Morgan fingerprint density at radius 2 is 1.96 bits per heavy atom. The highest BCUT2D eigenvalue weighted by molar-refractivity contribution is 8.14. The maximum absolute atomic E-state index is 12.3. The van der Waals surface area contributed by atoms with Crippen LogP contribution in [0.5, 0.6) is 0 Å². The van der Waals surface area contributed by atoms with Crippen LogP contribution in [0.25, 0.3) is 0 Å². The third-order valence-electron chi connectivity index (χ3n) is 3.94. The van der Waals surface area contributed by atoms with Gasteiger partial charge in [0.15, 0.2) is 5.17 Å². The SMILES string of the molecule is COC(=O)[C@@H](CC(C)C)NC(=O)CSC1=NCC(=O)N1c1ccc(C)cc1. The number of carbonyl (C=O) groups excluding carboxylic acids is 3. The van der Waals surface area contributed by atoms with Crippen molar-refractivity contribution in [1.82, 2.24) is 5.32 Å². The van der Waals surface area contributed by atoms with Crippen molar-refractivity contribution >= 4 is 40.4 Å². The van der Waals surface area contributed by atoms with Gasteiger partial charge in [0.2, 0.25) is 5.91 Å². The highest BCUT2D eigenvalue weighted by Gasteiger charge is 2.28. The highest BCUT2D eigenvalue weighted by Crippen LogP contribution is 2.24. The van der Waals surface area contributed by atoms with Crippen molar-refractivity contribution in [3.63, 3.8) is 0 Å². The molecule has 0 fully saturated rings. The van der Waals surface area contributed by atoms with Crippen LogP contribution in [0.1, 0.15) is 25.8 Å². The number of benzene rings is 1. The number of rotatable bonds is 7. The monoisotopic (exact) mass is 391 g/mol. The Kier molecular flexibility index (Phi) is 7.41. The minimum Gasteiger partial charge on any atom is -0.467 e. The van der Waals surface area contributed by atoms with Gasteiger partial charge in [-0.2, -0.15) is 0 Å². The van der Waals surface area contributed by atoms with Crippen LogP contribution in [0, 0.1) is 12.8 Å². The molecular formula is C19H25N3O4S. The number of nitrogens with zero attached hydrogens (tertiary/aromatic N) is 2. The van der Waals surface area contributed by atoms with Crippen LogP contribution < -0.4 is 10.2 Å². The zero-order chi connectivity index (χ0) is 20.0. The van der Waals surface area contributed by atoms with Crippen molar-refractivity contribution in [3.05, 3.63) is 29.8 Å². The fourth-order valence-electron chi connectivity index (χ4n) is 2.64. The zero-order valence-electron chi connectivity index (χ0n) is 16.0. The smallest absolute Gasteiger partial charge is 0.328 e. The number of esters is 1. The predicted molar refractivity (Wildman–Crippen MR) is 107 cm³/mol. The first kappa shape index (κ1) is 21.0. The van der Waals surface area contributed by atoms with Gasteiger partial charge in [-0.1, -0.05) is 43.3 Å². The maximum atomic E-state index is 12.3. The molecule has 0 saturated heterocycles. The number of amides is 2. The summed E-state index contributed by atoms with van der Waals surface area (Å²) in [5, 5.41) is 3.19. The molecule has 1 aromatic carbocycles. The van der Waals surface area contributed by atoms with Crippen molar-refractivity contribution in [2.24, 2.45) is 10.9 Å². The van der Waals surface area contributed by atoms with E-state index in [2.05, 4.69) is 10.3 Å². The molecule has 1 N–H and O–H groups in total. The number of aryl methyl sites for hydroxylation is 1. The number of thioether (sulfide) groups is 1. The summed E-state index contributed by atoms with van der Waals surface area (Å²) in [5.41, 5.74) is 1.82. The van der Waals surface area contributed by atoms with E-state index < -0.39 is 12.0 Å². The summed E-state index contributed by atoms with van der Waals surface area (Å²) in [6.45, 7) is 5.97. The highest BCUT2D eigenvalue weighted by atomic mass is 32.2. The van der Waals surface area contributed by atoms with E-state index in [0.717, 1.165) is 11.3 Å². The van der Waals surface area contributed by atoms with Crippen LogP contribution in [0.3, 0.4) is 0 Å². The standard InChI is InChI=1S/C19H25N3O4S/c1-12(2)9-15(18(25)26-4)21-16(23)11-27-19-20-10-17(24)22(19)14-7-5-13(3)6-8-14/h5-8,12,15H,9-11H2,1-4H3,(H,21,23)/t15-/m1/s1. The summed E-state index contributed by atoms with van der Waals surface area (Å²) in [5.74, 6) is -0.608. The summed E-state index contributed by atoms with van der Waals surface area (Å²) in [4.78, 5) is 42.0. The molecule has 0 aliphatic carbocycles. The molecule has 0 unspecified atom stereocenters. The van der Waals surface area contributed by atoms with Crippen LogP contribution in [0.15, 0.2) is 29.3 Å². The Morgan fingerprint density at radius 1 is 1.30 bits per heavy atom. The van der Waals surface area contributed by atoms with Gasteiger partial charge in [-0.05, 0) is 31.4 Å². The fourth-order valence-corrected chi connectivity index (χ4v) is 3.47. The van der Waals surface area contributed by atoms with Crippen molar-refractivity contribution in [2.75, 3.05) is 24.3 Å². The predicted octanol–water partition coefficient (Wildman–Crippen LogP) is 2.13. The van der Waals surface area contributed by atoms with Crippen molar-refractivity contribution in [3.8, 4) is 0 Å². The summed E-state index contributed by atoms with van der Waals surface area (Å²) in [7, 11) is 1.30. The number of methoxy groups -OCH3 is 1. The van der Waals surface area contributed by atoms with E-state index in [1.807, 2.05) is 45.0 Å². The van der Waals surface area contributed by atoms with Gasteiger partial charge < -0.3 is 10.1 Å². The van der Waals surface area contributed by atoms with Crippen LogP contribution >= 0.6 is 11.8 Å². The van der Waals surface area contributed by atoms with Gasteiger partial charge in [0.1, 0.15) is 12.6 Å². The molecular weight excluding hydrogens is 366 g/mol. The second-order valence-electron chi connectivity index (χ2n) is 6.72. The molecule has 146 valence electrons. The van der Waals surface area contributed by atoms with E-state index in [9.17, 15) is 14.4 Å². The Bertz CT molecular complexity index is 731. The Balaban J connectivity index is 1.97. The fraction of sp³-hybridized carbons (Fsp3) is 0.474. The summed E-state index contributed by atoms with van der Waals surface area (Å²) in [6, 6.07) is 6.87. The van der Waals surface area contributed by atoms with Crippen LogP contribution in [-0.2, 0) is 19.1 Å². The lowest BCUT2D eigenvalue weighted by Crippen LogP contribution is -2.43. The molecule has 1 atom stereocenters. The molecule has 27 heavy (non-hydrogen) atoms. The molecule has 1 heterocycles. The molecule has 7 nitrogen and oxygen atoms in total. The van der Waals surface area contributed by atoms with Gasteiger partial charge in [0.25, 0.3) is 5.91 Å². The van der Waals surface area contributed by atoms with Gasteiger partial charge in [-0.3, -0.25) is 19.5 Å². The second-order valence-corrected chi connectivity index (χ2v) is 7.67. The molecule has 1 aliphatic heterocycles. The first-order valence-corrected chi connectivity index (χ1v) is 9.74. The molecule has 0 aromatic heterocycles. The largest absolute Gasteiger partial charge is 0.467 e. The maximum Gasteiger partial charge on any atom is 0.328 e. The van der Waals surface area contributed by atoms with Gasteiger partial charge >= 0.3 is 5.97 Å². The third-order valence-corrected chi connectivity index (χ3v) is 4.92. The van der Waals surface area contributed by atoms with Gasteiger partial charge in [-0.15, -0.1) is 0 Å². The Hall–Kier alpha value is -2.35. The average Bonchev–Trinajstić information content (AvgIpc) is 2.99. The summed E-state index contributed by atoms with van der Waals surface area (Å²) >= 11 is 1.17. The third kappa shape index (κ3) is 5.82. The number of anilines is 1. The van der Waals surface area contributed by atoms with Crippen molar-refractivity contribution < 1.29 is 19.1 Å².